The molecule has 0 spiro atoms. The van der Waals surface area contributed by atoms with Crippen LogP contribution in [0.1, 0.15) is 79.9 Å². The highest BCUT2D eigenvalue weighted by Gasteiger charge is 2.26. The van der Waals surface area contributed by atoms with E-state index in [4.69, 9.17) is 9.47 Å². The number of carboxylic acid groups (broad SMARTS) is 1. The fourth-order valence-electron chi connectivity index (χ4n) is 5.32. The highest BCUT2D eigenvalue weighted by Crippen LogP contribution is 2.26. The molecule has 7 nitrogen and oxygen atoms in total. The Morgan fingerprint density at radius 2 is 1.68 bits per heavy atom. The molecule has 208 valence electrons. The van der Waals surface area contributed by atoms with Crippen molar-refractivity contribution in [3.63, 3.8) is 0 Å². The van der Waals surface area contributed by atoms with Gasteiger partial charge in [0.1, 0.15) is 0 Å². The van der Waals surface area contributed by atoms with Crippen LogP contribution in [-0.2, 0) is 16.1 Å². The van der Waals surface area contributed by atoms with Crippen LogP contribution >= 0.6 is 0 Å². The van der Waals surface area contributed by atoms with E-state index in [1.807, 2.05) is 61.2 Å². The number of carboxylic acids is 1. The summed E-state index contributed by atoms with van der Waals surface area (Å²) in [7, 11) is 0. The fraction of sp³-hybridized carbons (Fsp3) is 0.548. The zero-order valence-electron chi connectivity index (χ0n) is 23.5. The number of carbonyl (C=O) groups excluding carboxylic acids is 1. The monoisotopic (exact) mass is 524 g/mol. The first-order valence-corrected chi connectivity index (χ1v) is 13.8. The highest BCUT2D eigenvalue weighted by atomic mass is 16.5. The standard InChI is InChI=1S/C31H44N2O5/c1-21(2)18-24(5)33(31(36)32-28-15-7-6-10-22(28)3)16-17-37-26-13-9-14-27(19-26)38-20-25-12-8-11-23(4)29(25)30(34)35/h6-8,10-12,15,21,24,26-27H,9,13-14,16-20H2,1-5H3,(H,32,36)(H,34,35)/t24?,26-,27+/m0/s1. The molecule has 38 heavy (non-hydrogen) atoms. The lowest BCUT2D eigenvalue weighted by Gasteiger charge is -2.33. The smallest absolute Gasteiger partial charge is 0.336 e. The predicted octanol–water partition coefficient (Wildman–Crippen LogP) is 6.81. The molecule has 2 aromatic carbocycles. The largest absolute Gasteiger partial charge is 0.478 e. The van der Waals surface area contributed by atoms with Gasteiger partial charge in [0.05, 0.1) is 31.0 Å². The maximum Gasteiger partial charge on any atom is 0.336 e. The molecule has 0 saturated heterocycles. The first-order valence-electron chi connectivity index (χ1n) is 13.8. The Kier molecular flexibility index (Phi) is 11.2. The zero-order chi connectivity index (χ0) is 27.7. The molecule has 7 heteroatoms. The van der Waals surface area contributed by atoms with Crippen molar-refractivity contribution in [2.75, 3.05) is 18.5 Å². The Bertz CT molecular complexity index is 1070. The predicted molar refractivity (Wildman–Crippen MR) is 151 cm³/mol. The number of anilines is 1. The maximum atomic E-state index is 13.2. The molecule has 0 bridgehead atoms. The van der Waals surface area contributed by atoms with E-state index in [-0.39, 0.29) is 30.9 Å². The van der Waals surface area contributed by atoms with Gasteiger partial charge in [-0.2, -0.15) is 0 Å². The number of para-hydroxylation sites is 1. The van der Waals surface area contributed by atoms with Crippen LogP contribution in [0.15, 0.2) is 42.5 Å². The number of amides is 2. The molecular weight excluding hydrogens is 480 g/mol. The number of nitrogens with one attached hydrogen (secondary N) is 1. The Hall–Kier alpha value is -2.90. The number of ether oxygens (including phenoxy) is 2. The van der Waals surface area contributed by atoms with Crippen molar-refractivity contribution < 1.29 is 24.2 Å². The Balaban J connectivity index is 1.54. The number of urea groups is 1. The van der Waals surface area contributed by atoms with E-state index >= 15 is 0 Å². The van der Waals surface area contributed by atoms with Crippen molar-refractivity contribution in [2.45, 2.75) is 91.6 Å². The normalized spacial score (nSPS) is 18.3. The van der Waals surface area contributed by atoms with Gasteiger partial charge in [0.25, 0.3) is 0 Å². The molecule has 2 amide bonds. The molecule has 0 aromatic heterocycles. The molecule has 0 radical (unpaired) electrons. The summed E-state index contributed by atoms with van der Waals surface area (Å²) in [6, 6.07) is 13.3. The molecule has 3 rings (SSSR count). The van der Waals surface area contributed by atoms with Gasteiger partial charge in [0.15, 0.2) is 0 Å². The van der Waals surface area contributed by atoms with Gasteiger partial charge in [0.2, 0.25) is 0 Å². The second-order valence-corrected chi connectivity index (χ2v) is 10.9. The molecule has 2 aromatic rings. The Morgan fingerprint density at radius 1 is 1.00 bits per heavy atom. The van der Waals surface area contributed by atoms with Crippen molar-refractivity contribution in [2.24, 2.45) is 5.92 Å². The molecule has 0 aliphatic heterocycles. The van der Waals surface area contributed by atoms with Crippen LogP contribution in [0.25, 0.3) is 0 Å². The Labute approximate surface area is 227 Å². The third-order valence-corrected chi connectivity index (χ3v) is 7.30. The van der Waals surface area contributed by atoms with Gasteiger partial charge in [-0.15, -0.1) is 0 Å². The third-order valence-electron chi connectivity index (χ3n) is 7.30. The van der Waals surface area contributed by atoms with E-state index in [1.165, 1.54) is 0 Å². The summed E-state index contributed by atoms with van der Waals surface area (Å²) in [6.45, 7) is 11.5. The van der Waals surface area contributed by atoms with Crippen LogP contribution in [0.4, 0.5) is 10.5 Å². The van der Waals surface area contributed by atoms with Gasteiger partial charge < -0.3 is 24.8 Å². The molecular formula is C31H44N2O5. The summed E-state index contributed by atoms with van der Waals surface area (Å²) in [5.74, 6) is -0.444. The van der Waals surface area contributed by atoms with Gasteiger partial charge in [-0.25, -0.2) is 9.59 Å². The lowest BCUT2D eigenvalue weighted by molar-refractivity contribution is -0.0532. The van der Waals surface area contributed by atoms with Crippen molar-refractivity contribution in [3.05, 3.63) is 64.7 Å². The molecule has 1 saturated carbocycles. The van der Waals surface area contributed by atoms with E-state index < -0.39 is 5.97 Å². The molecule has 1 aliphatic rings. The van der Waals surface area contributed by atoms with Gasteiger partial charge in [-0.1, -0.05) is 50.2 Å². The number of aromatic carboxylic acids is 1. The topological polar surface area (TPSA) is 88.1 Å². The van der Waals surface area contributed by atoms with Crippen LogP contribution in [0, 0.1) is 19.8 Å². The number of benzene rings is 2. The molecule has 3 atom stereocenters. The Morgan fingerprint density at radius 3 is 2.37 bits per heavy atom. The lowest BCUT2D eigenvalue weighted by Crippen LogP contribution is -2.44. The van der Waals surface area contributed by atoms with Crippen LogP contribution in [0.3, 0.4) is 0 Å². The van der Waals surface area contributed by atoms with Crippen LogP contribution < -0.4 is 5.32 Å². The van der Waals surface area contributed by atoms with Crippen LogP contribution in [0.2, 0.25) is 0 Å². The minimum Gasteiger partial charge on any atom is -0.478 e. The molecule has 1 fully saturated rings. The van der Waals surface area contributed by atoms with E-state index in [0.717, 1.165) is 48.9 Å². The quantitative estimate of drug-likeness (QED) is 0.318. The number of carbonyl (C=O) groups is 2. The van der Waals surface area contributed by atoms with E-state index in [2.05, 4.69) is 26.1 Å². The average molecular weight is 525 g/mol. The molecule has 1 aliphatic carbocycles. The first-order chi connectivity index (χ1) is 18.2. The SMILES string of the molecule is Cc1ccccc1NC(=O)N(CCO[C@H]1CCC[C@@H](OCc2cccc(C)c2C(=O)O)C1)C(C)CC(C)C. The lowest BCUT2D eigenvalue weighted by atomic mass is 9.94. The van der Waals surface area contributed by atoms with E-state index in [1.54, 1.807) is 0 Å². The molecule has 1 unspecified atom stereocenters. The third kappa shape index (κ3) is 8.57. The van der Waals surface area contributed by atoms with Gasteiger partial charge in [-0.05, 0) is 81.5 Å². The van der Waals surface area contributed by atoms with Gasteiger partial charge in [-0.3, -0.25) is 0 Å². The number of hydrogen-bond acceptors (Lipinski definition) is 4. The fourth-order valence-corrected chi connectivity index (χ4v) is 5.32. The number of nitrogens with zero attached hydrogens (tertiary/aromatic N) is 1. The number of rotatable bonds is 12. The number of hydrogen-bond donors (Lipinski definition) is 2. The summed E-state index contributed by atoms with van der Waals surface area (Å²) in [5.41, 5.74) is 3.63. The summed E-state index contributed by atoms with van der Waals surface area (Å²) in [4.78, 5) is 26.8. The second-order valence-electron chi connectivity index (χ2n) is 10.9. The van der Waals surface area contributed by atoms with Gasteiger partial charge in [0, 0.05) is 18.3 Å². The van der Waals surface area contributed by atoms with Gasteiger partial charge >= 0.3 is 12.0 Å². The van der Waals surface area contributed by atoms with Crippen molar-refractivity contribution in [1.82, 2.24) is 4.90 Å². The zero-order valence-corrected chi connectivity index (χ0v) is 23.5. The minimum atomic E-state index is -0.922. The highest BCUT2D eigenvalue weighted by molar-refractivity contribution is 5.91. The summed E-state index contributed by atoms with van der Waals surface area (Å²) >= 11 is 0. The summed E-state index contributed by atoms with van der Waals surface area (Å²) in [6.07, 6.45) is 4.66. The van der Waals surface area contributed by atoms with Crippen molar-refractivity contribution >= 4 is 17.7 Å². The van der Waals surface area contributed by atoms with Crippen molar-refractivity contribution in [3.8, 4) is 0 Å². The minimum absolute atomic E-state index is 0.0243. The van der Waals surface area contributed by atoms with Crippen LogP contribution in [0.5, 0.6) is 0 Å². The van der Waals surface area contributed by atoms with Crippen molar-refractivity contribution in [1.29, 1.82) is 0 Å². The maximum absolute atomic E-state index is 13.2. The average Bonchev–Trinajstić information content (AvgIpc) is 2.86. The molecule has 2 N–H and O–H groups in total. The first kappa shape index (κ1) is 29.7. The summed E-state index contributed by atoms with van der Waals surface area (Å²) < 4.78 is 12.4. The van der Waals surface area contributed by atoms with E-state index in [0.29, 0.717) is 30.2 Å². The van der Waals surface area contributed by atoms with E-state index in [9.17, 15) is 14.7 Å². The number of aryl methyl sites for hydroxylation is 2. The second kappa shape index (κ2) is 14.3. The van der Waals surface area contributed by atoms with Crippen LogP contribution in [-0.4, -0.2) is 53.4 Å². The summed E-state index contributed by atoms with van der Waals surface area (Å²) in [5, 5.41) is 12.7. The molecule has 0 heterocycles.